The number of hydrogen-bond donors (Lipinski definition) is 8. The fraction of sp³-hybridized carbons (Fsp3) is 0.489. The van der Waals surface area contributed by atoms with Crippen LogP contribution in [-0.2, 0) is 34.0 Å². The highest BCUT2D eigenvalue weighted by atomic mass is 35.5. The number of aliphatic hydroxyl groups is 8. The minimum absolute atomic E-state index is 0.0561. The first-order chi connectivity index (χ1) is 49.9. The van der Waals surface area contributed by atoms with E-state index in [9.17, 15) is 22.8 Å². The maximum Gasteiger partial charge on any atom is 0.398 e. The van der Waals surface area contributed by atoms with E-state index >= 15 is 0 Å². The second-order valence-electron chi connectivity index (χ2n) is 25.0. The molecule has 0 amide bonds. The van der Waals surface area contributed by atoms with E-state index in [-0.39, 0.29) is 28.3 Å². The Kier molecular flexibility index (Phi) is 66.6. The van der Waals surface area contributed by atoms with Gasteiger partial charge in [0.25, 0.3) is 0 Å². The molecule has 0 saturated carbocycles. The zero-order valence-electron chi connectivity index (χ0n) is 67.6. The molecule has 6 unspecified atom stereocenters. The number of carbonyl (C=O) groups excluding carboxylic acids is 2. The summed E-state index contributed by atoms with van der Waals surface area (Å²) in [5.41, 5.74) is 10.4. The highest BCUT2D eigenvalue weighted by molar-refractivity contribution is 6.42. The Morgan fingerprint density at radius 1 is 0.467 bits per heavy atom. The van der Waals surface area contributed by atoms with Gasteiger partial charge in [-0.3, -0.25) is 9.59 Å². The molecule has 1 aliphatic carbocycles. The topological polar surface area (TPSA) is 220 Å². The third kappa shape index (κ3) is 41.0. The van der Waals surface area contributed by atoms with Gasteiger partial charge in [-0.05, 0) is 202 Å². The molecule has 7 aromatic carbocycles. The zero-order valence-corrected chi connectivity index (χ0v) is 69.8. The first-order valence-electron chi connectivity index (χ1n) is 35.8. The summed E-state index contributed by atoms with van der Waals surface area (Å²) in [5.74, 6) is 1.17. The second-order valence-corrected chi connectivity index (χ2v) is 26.7. The van der Waals surface area contributed by atoms with E-state index in [4.69, 9.17) is 80.9 Å². The Morgan fingerprint density at radius 3 is 1.25 bits per heavy atom. The van der Waals surface area contributed by atoms with Crippen molar-refractivity contribution in [2.45, 2.75) is 226 Å². The lowest BCUT2D eigenvalue weighted by molar-refractivity contribution is -0.186. The molecule has 6 atom stereocenters. The Morgan fingerprint density at radius 2 is 0.876 bits per heavy atom. The number of carbonyl (C=O) groups is 2. The average molecular weight is 1530 g/mol. The molecule has 0 bridgehead atoms. The van der Waals surface area contributed by atoms with E-state index in [0.717, 1.165) is 92.5 Å². The summed E-state index contributed by atoms with van der Waals surface area (Å²) in [7, 11) is 7.00. The molecule has 8 N–H and O–H groups in total. The molecule has 0 aromatic heterocycles. The van der Waals surface area contributed by atoms with Crippen molar-refractivity contribution in [2.24, 2.45) is 0 Å². The molecule has 0 aliphatic heterocycles. The van der Waals surface area contributed by atoms with Crippen LogP contribution in [0.3, 0.4) is 0 Å². The van der Waals surface area contributed by atoms with Crippen LogP contribution in [0.4, 0.5) is 13.2 Å². The van der Waals surface area contributed by atoms with Gasteiger partial charge in [0, 0.05) is 60.9 Å². The van der Waals surface area contributed by atoms with E-state index in [1.165, 1.54) is 81.2 Å². The number of alkyl halides is 4. The number of nitriles is 1. The van der Waals surface area contributed by atoms with Gasteiger partial charge in [0.15, 0.2) is 11.6 Å². The third-order valence-corrected chi connectivity index (χ3v) is 19.5. The van der Waals surface area contributed by atoms with Crippen LogP contribution in [0.25, 0.3) is 0 Å². The van der Waals surface area contributed by atoms with Gasteiger partial charge in [0.2, 0.25) is 0 Å². The molecule has 0 fully saturated rings. The van der Waals surface area contributed by atoms with Gasteiger partial charge < -0.3 is 40.9 Å². The molecule has 8 rings (SSSR count). The first kappa shape index (κ1) is 110. The van der Waals surface area contributed by atoms with Crippen molar-refractivity contribution < 1.29 is 63.6 Å². The highest BCUT2D eigenvalue weighted by Crippen LogP contribution is 2.43. The lowest BCUT2D eigenvalue weighted by Crippen LogP contribution is -2.38. The molecule has 0 heterocycles. The molecular weight excluding hydrogens is 1390 g/mol. The number of aliphatic hydroxyl groups excluding tert-OH is 8. The number of aryl methyl sites for hydroxylation is 1. The largest absolute Gasteiger partial charge is 0.400 e. The summed E-state index contributed by atoms with van der Waals surface area (Å²) >= 11 is 17.9. The van der Waals surface area contributed by atoms with Crippen molar-refractivity contribution in [3.8, 4) is 6.07 Å². The molecule has 17 heteroatoms. The highest BCUT2D eigenvalue weighted by Gasteiger charge is 2.50. The minimum atomic E-state index is -4.19. The SMILES string of the molecule is CCC(C)(C#N)c1ccccc1.CCC(C)(C)c1ccccc1.CCC(C)(Cl)c1ccccc1.CCC(C)(c1ccccc1)C(F)(F)F.CCC(C)c1cc(C(C)=O)cc(C(=O)CO)c1.CCC(C)c1ccc(Cl)c(Cl)c1.CCC(C)c1cccc2c1CCCC2.CO.CO.CO.CO.CO.CO.CO. The van der Waals surface area contributed by atoms with Crippen LogP contribution in [-0.4, -0.2) is 115 Å². The molecule has 1 aliphatic rings. The third-order valence-electron chi connectivity index (χ3n) is 18.3. The van der Waals surface area contributed by atoms with E-state index < -0.39 is 18.2 Å². The molecule has 592 valence electrons. The van der Waals surface area contributed by atoms with Gasteiger partial charge in [-0.1, -0.05) is 252 Å². The molecule has 0 radical (unpaired) electrons. The minimum Gasteiger partial charge on any atom is -0.400 e. The second kappa shape index (κ2) is 63.8. The molecule has 7 aromatic rings. The van der Waals surface area contributed by atoms with Crippen LogP contribution < -0.4 is 0 Å². The van der Waals surface area contributed by atoms with Crippen LogP contribution >= 0.6 is 34.8 Å². The molecule has 0 spiro atoms. The lowest BCUT2D eigenvalue weighted by Gasteiger charge is -2.31. The normalized spacial score (nSPS) is 13.0. The Bertz CT molecular complexity index is 3230. The monoisotopic (exact) mass is 1530 g/mol. The summed E-state index contributed by atoms with van der Waals surface area (Å²) in [6, 6.07) is 59.0. The summed E-state index contributed by atoms with van der Waals surface area (Å²) in [5, 5.41) is 68.1. The van der Waals surface area contributed by atoms with Gasteiger partial charge in [-0.25, -0.2) is 0 Å². The lowest BCUT2D eigenvalue weighted by atomic mass is 9.79. The summed E-state index contributed by atoms with van der Waals surface area (Å²) in [6.45, 7) is 31.8. The summed E-state index contributed by atoms with van der Waals surface area (Å²) in [6.07, 6.45) is 7.59. The van der Waals surface area contributed by atoms with Crippen LogP contribution in [0, 0.1) is 11.3 Å². The van der Waals surface area contributed by atoms with E-state index in [2.05, 4.69) is 129 Å². The van der Waals surface area contributed by atoms with Crippen molar-refractivity contribution in [1.29, 1.82) is 5.26 Å². The predicted octanol–water partition coefficient (Wildman–Crippen LogP) is 22.1. The van der Waals surface area contributed by atoms with Crippen molar-refractivity contribution >= 4 is 46.4 Å². The Hall–Kier alpha value is -6.29. The van der Waals surface area contributed by atoms with Crippen LogP contribution in [0.2, 0.25) is 10.0 Å². The quantitative estimate of drug-likeness (QED) is 0.0317. The van der Waals surface area contributed by atoms with Crippen molar-refractivity contribution in [2.75, 3.05) is 56.4 Å². The van der Waals surface area contributed by atoms with Crippen LogP contribution in [0.1, 0.15) is 257 Å². The molecular formula is C88H133Cl3F3NO10. The summed E-state index contributed by atoms with van der Waals surface area (Å²) < 4.78 is 38.4. The number of hydrogen-bond acceptors (Lipinski definition) is 11. The number of ketones is 2. The number of benzene rings is 7. The number of fused-ring (bicyclic) bond motifs is 1. The number of Topliss-reactive ketones (excluding diaryl/α,β-unsaturated/α-hetero) is 2. The standard InChI is InChI=1S/C14H18O3.C14H20.C11H13F3.C11H13N.C11H16.C10H12Cl2.C10H13Cl.7CH4O/c1-4-9(2)11-5-12(10(3)16)7-13(6-11)14(17)8-15;1-3-11(2)13-10-6-8-12-7-4-5-9-14(12)13;1-3-10(2,11(12,13)14)9-7-5-4-6-8-9;1-3-11(2,9-12)10-7-5-4-6-8-10;1-4-11(2,3)10-8-6-5-7-9-10;1-3-7(2)8-4-5-9(11)10(12)6-8;1-3-10(2,11)9-7-5-4-6-8-9;7*1-2/h5-7,9,15H,4,8H2,1-3H3;6,8,10-11H,3-5,7,9H2,1-2H3;4-8H,3H2,1-2H3;4-8H,3H2,1-2H3;5-9H,4H2,1-3H3;4-7H,3H2,1-2H3;4-8H,3H2,1-2H3;7*2H,1H3. The number of nitrogens with zero attached hydrogens (tertiary/aromatic N) is 1. The van der Waals surface area contributed by atoms with Gasteiger partial charge in [-0.15, -0.1) is 11.6 Å². The van der Waals surface area contributed by atoms with E-state index in [1.54, 1.807) is 53.9 Å². The first-order valence-corrected chi connectivity index (χ1v) is 37.0. The molecule has 11 nitrogen and oxygen atoms in total. The fourth-order valence-electron chi connectivity index (χ4n) is 9.79. The van der Waals surface area contributed by atoms with E-state index in [0.29, 0.717) is 44.0 Å². The van der Waals surface area contributed by atoms with Crippen molar-refractivity contribution in [1.82, 2.24) is 0 Å². The maximum absolute atomic E-state index is 12.8. The average Bonchev–Trinajstić information content (AvgIpc) is 0.795. The van der Waals surface area contributed by atoms with Crippen LogP contribution in [0.15, 0.2) is 176 Å². The molecule has 105 heavy (non-hydrogen) atoms. The van der Waals surface area contributed by atoms with Crippen LogP contribution in [0.5, 0.6) is 0 Å². The molecule has 0 saturated heterocycles. The van der Waals surface area contributed by atoms with Gasteiger partial charge in [-0.2, -0.15) is 18.4 Å². The van der Waals surface area contributed by atoms with Crippen molar-refractivity contribution in [3.63, 3.8) is 0 Å². The fourth-order valence-corrected chi connectivity index (χ4v) is 10.2. The maximum atomic E-state index is 12.8. The zero-order chi connectivity index (χ0) is 82.6. The number of halogens is 6. The summed E-state index contributed by atoms with van der Waals surface area (Å²) in [4.78, 5) is 22.7. The Balaban J connectivity index is -0.000000265. The van der Waals surface area contributed by atoms with Gasteiger partial charge in [0.05, 0.1) is 31.8 Å². The van der Waals surface area contributed by atoms with Gasteiger partial charge in [0.1, 0.15) is 6.61 Å². The number of rotatable bonds is 17. The Labute approximate surface area is 647 Å². The predicted molar refractivity (Wildman–Crippen MR) is 440 cm³/mol. The van der Waals surface area contributed by atoms with Gasteiger partial charge >= 0.3 is 6.18 Å². The smallest absolute Gasteiger partial charge is 0.398 e. The van der Waals surface area contributed by atoms with E-state index in [1.807, 2.05) is 100 Å². The van der Waals surface area contributed by atoms with Crippen molar-refractivity contribution in [3.05, 3.63) is 247 Å².